The number of H-pyrrole nitrogens is 1. The summed E-state index contributed by atoms with van der Waals surface area (Å²) in [6, 6.07) is 29.9. The fourth-order valence-corrected chi connectivity index (χ4v) is 5.76. The standard InChI is InChI=1S/C27H19N5OS2/c33-25-23-21(18-10-4-1-5-11-18)16-34-26(23)29-22(28-25)17-35-27-31-30-24(19-12-6-2-7-13-19)32(27)20-14-8-3-9-15-20/h1-16H,17H2,(H,28,29,33). The van der Waals surface area contributed by atoms with Gasteiger partial charge in [-0.25, -0.2) is 4.98 Å². The maximum Gasteiger partial charge on any atom is 0.260 e. The Kier molecular flexibility index (Phi) is 5.73. The van der Waals surface area contributed by atoms with Gasteiger partial charge in [0, 0.05) is 22.2 Å². The molecule has 0 saturated carbocycles. The predicted molar refractivity (Wildman–Crippen MR) is 142 cm³/mol. The number of fused-ring (bicyclic) bond motifs is 1. The van der Waals surface area contributed by atoms with Gasteiger partial charge in [-0.3, -0.25) is 9.36 Å². The number of aromatic amines is 1. The highest BCUT2D eigenvalue weighted by atomic mass is 32.2. The maximum absolute atomic E-state index is 13.0. The van der Waals surface area contributed by atoms with E-state index in [9.17, 15) is 4.79 Å². The van der Waals surface area contributed by atoms with Crippen molar-refractivity contribution >= 4 is 33.3 Å². The number of nitrogens with zero attached hydrogens (tertiary/aromatic N) is 4. The van der Waals surface area contributed by atoms with Crippen LogP contribution in [-0.2, 0) is 5.75 Å². The Morgan fingerprint density at radius 3 is 2.20 bits per heavy atom. The SMILES string of the molecule is O=c1[nH]c(CSc2nnc(-c3ccccc3)n2-c2ccccc2)nc2scc(-c3ccccc3)c12. The van der Waals surface area contributed by atoms with Crippen LogP contribution in [0.5, 0.6) is 0 Å². The summed E-state index contributed by atoms with van der Waals surface area (Å²) >= 11 is 2.98. The third-order valence-corrected chi connectivity index (χ3v) is 7.41. The zero-order valence-electron chi connectivity index (χ0n) is 18.5. The Labute approximate surface area is 209 Å². The maximum atomic E-state index is 13.0. The molecule has 0 fully saturated rings. The minimum Gasteiger partial charge on any atom is -0.309 e. The van der Waals surface area contributed by atoms with Gasteiger partial charge in [-0.1, -0.05) is 90.6 Å². The van der Waals surface area contributed by atoms with Crippen LogP contribution in [-0.4, -0.2) is 24.7 Å². The molecule has 0 radical (unpaired) electrons. The molecule has 0 saturated heterocycles. The monoisotopic (exact) mass is 493 g/mol. The molecule has 3 aromatic heterocycles. The highest BCUT2D eigenvalue weighted by molar-refractivity contribution is 7.98. The molecule has 3 aromatic carbocycles. The smallest absolute Gasteiger partial charge is 0.260 e. The Balaban J connectivity index is 1.34. The molecule has 1 N–H and O–H groups in total. The molecule has 35 heavy (non-hydrogen) atoms. The number of hydrogen-bond donors (Lipinski definition) is 1. The fourth-order valence-electron chi connectivity index (χ4n) is 3.97. The summed E-state index contributed by atoms with van der Waals surface area (Å²) in [4.78, 5) is 21.5. The summed E-state index contributed by atoms with van der Waals surface area (Å²) in [6.07, 6.45) is 0. The van der Waals surface area contributed by atoms with Gasteiger partial charge in [0.25, 0.3) is 5.56 Å². The number of para-hydroxylation sites is 1. The number of rotatable bonds is 6. The molecule has 6 rings (SSSR count). The van der Waals surface area contributed by atoms with Crippen molar-refractivity contribution in [2.45, 2.75) is 10.9 Å². The molecule has 3 heterocycles. The van der Waals surface area contributed by atoms with Crippen molar-refractivity contribution < 1.29 is 0 Å². The second kappa shape index (κ2) is 9.32. The van der Waals surface area contributed by atoms with Crippen molar-refractivity contribution in [1.82, 2.24) is 24.7 Å². The first-order valence-corrected chi connectivity index (χ1v) is 12.9. The first-order valence-electron chi connectivity index (χ1n) is 11.0. The van der Waals surface area contributed by atoms with E-state index >= 15 is 0 Å². The van der Waals surface area contributed by atoms with E-state index in [4.69, 9.17) is 4.98 Å². The number of thioether (sulfide) groups is 1. The number of thiophene rings is 1. The van der Waals surface area contributed by atoms with Crippen LogP contribution < -0.4 is 5.56 Å². The van der Waals surface area contributed by atoms with Crippen LogP contribution in [0, 0.1) is 0 Å². The van der Waals surface area contributed by atoms with Crippen molar-refractivity contribution in [3.8, 4) is 28.2 Å². The van der Waals surface area contributed by atoms with Crippen molar-refractivity contribution in [2.75, 3.05) is 0 Å². The third-order valence-electron chi connectivity index (χ3n) is 5.60. The lowest BCUT2D eigenvalue weighted by Crippen LogP contribution is -2.11. The van der Waals surface area contributed by atoms with Gasteiger partial charge in [0.05, 0.1) is 11.1 Å². The van der Waals surface area contributed by atoms with Gasteiger partial charge in [-0.15, -0.1) is 21.5 Å². The molecule has 0 atom stereocenters. The molecule has 0 amide bonds. The highest BCUT2D eigenvalue weighted by Gasteiger charge is 2.18. The lowest BCUT2D eigenvalue weighted by atomic mass is 10.1. The zero-order chi connectivity index (χ0) is 23.6. The first-order chi connectivity index (χ1) is 17.3. The Morgan fingerprint density at radius 1 is 0.829 bits per heavy atom. The normalized spacial score (nSPS) is 11.2. The van der Waals surface area contributed by atoms with Crippen LogP contribution >= 0.6 is 23.1 Å². The fraction of sp³-hybridized carbons (Fsp3) is 0.0370. The quantitative estimate of drug-likeness (QED) is 0.280. The van der Waals surface area contributed by atoms with E-state index in [2.05, 4.69) is 15.2 Å². The Bertz CT molecular complexity index is 1660. The van der Waals surface area contributed by atoms with E-state index in [1.807, 2.05) is 101 Å². The van der Waals surface area contributed by atoms with Crippen molar-refractivity contribution in [3.05, 3.63) is 113 Å². The molecule has 0 aliphatic rings. The van der Waals surface area contributed by atoms with Crippen LogP contribution in [0.4, 0.5) is 0 Å². The summed E-state index contributed by atoms with van der Waals surface area (Å²) in [5, 5.41) is 12.3. The van der Waals surface area contributed by atoms with E-state index in [1.165, 1.54) is 23.1 Å². The number of hydrogen-bond acceptors (Lipinski definition) is 6. The van der Waals surface area contributed by atoms with E-state index in [-0.39, 0.29) is 5.56 Å². The van der Waals surface area contributed by atoms with Gasteiger partial charge in [0.1, 0.15) is 10.7 Å². The van der Waals surface area contributed by atoms with Crippen molar-refractivity contribution in [2.24, 2.45) is 0 Å². The lowest BCUT2D eigenvalue weighted by molar-refractivity contribution is 0.883. The zero-order valence-corrected chi connectivity index (χ0v) is 20.1. The molecule has 6 aromatic rings. The first kappa shape index (κ1) is 21.5. The predicted octanol–water partition coefficient (Wildman–Crippen LogP) is 6.19. The Morgan fingerprint density at radius 2 is 1.49 bits per heavy atom. The molecule has 0 bridgehead atoms. The largest absolute Gasteiger partial charge is 0.309 e. The van der Waals surface area contributed by atoms with Gasteiger partial charge in [-0.2, -0.15) is 0 Å². The molecule has 0 aliphatic carbocycles. The molecule has 170 valence electrons. The second-order valence-corrected chi connectivity index (χ2v) is 9.64. The van der Waals surface area contributed by atoms with Crippen molar-refractivity contribution in [3.63, 3.8) is 0 Å². The lowest BCUT2D eigenvalue weighted by Gasteiger charge is -2.10. The van der Waals surface area contributed by atoms with Gasteiger partial charge in [0.2, 0.25) is 0 Å². The molecular formula is C27H19N5OS2. The number of benzene rings is 3. The van der Waals surface area contributed by atoms with Gasteiger partial charge < -0.3 is 4.98 Å². The van der Waals surface area contributed by atoms with Crippen LogP contribution in [0.2, 0.25) is 0 Å². The molecule has 0 aliphatic heterocycles. The summed E-state index contributed by atoms with van der Waals surface area (Å²) in [6.45, 7) is 0. The van der Waals surface area contributed by atoms with Gasteiger partial charge >= 0.3 is 0 Å². The molecule has 0 unspecified atom stereocenters. The molecule has 8 heteroatoms. The van der Waals surface area contributed by atoms with Crippen LogP contribution in [0.3, 0.4) is 0 Å². The molecule has 6 nitrogen and oxygen atoms in total. The van der Waals surface area contributed by atoms with Gasteiger partial charge in [-0.05, 0) is 17.7 Å². The molecule has 0 spiro atoms. The third kappa shape index (κ3) is 4.18. The summed E-state index contributed by atoms with van der Waals surface area (Å²) in [7, 11) is 0. The van der Waals surface area contributed by atoms with Crippen LogP contribution in [0.1, 0.15) is 5.82 Å². The van der Waals surface area contributed by atoms with E-state index in [0.717, 1.165) is 38.2 Å². The van der Waals surface area contributed by atoms with E-state index in [0.29, 0.717) is 17.0 Å². The average Bonchev–Trinajstić information content (AvgIpc) is 3.54. The average molecular weight is 494 g/mol. The minimum atomic E-state index is -0.125. The minimum absolute atomic E-state index is 0.125. The van der Waals surface area contributed by atoms with Crippen molar-refractivity contribution in [1.29, 1.82) is 0 Å². The highest BCUT2D eigenvalue weighted by Crippen LogP contribution is 2.32. The second-order valence-electron chi connectivity index (χ2n) is 7.84. The van der Waals surface area contributed by atoms with Crippen LogP contribution in [0.15, 0.2) is 106 Å². The van der Waals surface area contributed by atoms with Gasteiger partial charge in [0.15, 0.2) is 11.0 Å². The van der Waals surface area contributed by atoms with Crippen LogP contribution in [0.25, 0.3) is 38.4 Å². The Hall–Kier alpha value is -4.01. The number of nitrogens with one attached hydrogen (secondary N) is 1. The number of aromatic nitrogens is 5. The molecular weight excluding hydrogens is 474 g/mol. The summed E-state index contributed by atoms with van der Waals surface area (Å²) < 4.78 is 2.04. The summed E-state index contributed by atoms with van der Waals surface area (Å²) in [5.41, 5.74) is 3.75. The summed E-state index contributed by atoms with van der Waals surface area (Å²) in [5.74, 6) is 1.84. The van der Waals surface area contributed by atoms with E-state index < -0.39 is 0 Å². The topological polar surface area (TPSA) is 76.5 Å². The van der Waals surface area contributed by atoms with E-state index in [1.54, 1.807) is 0 Å².